The van der Waals surface area contributed by atoms with Crippen LogP contribution in [0.4, 0.5) is 0 Å². The molecule has 4 heteroatoms. The van der Waals surface area contributed by atoms with E-state index in [9.17, 15) is 0 Å². The van der Waals surface area contributed by atoms with E-state index in [1.807, 2.05) is 10.9 Å². The Morgan fingerprint density at radius 2 is 2.00 bits per heavy atom. The third-order valence-electron chi connectivity index (χ3n) is 3.44. The molecule has 1 aromatic heterocycles. The summed E-state index contributed by atoms with van der Waals surface area (Å²) in [6.45, 7) is 2.41. The van der Waals surface area contributed by atoms with Crippen molar-refractivity contribution in [1.29, 1.82) is 0 Å². The summed E-state index contributed by atoms with van der Waals surface area (Å²) in [5, 5.41) is 11.4. The first-order valence-electron chi connectivity index (χ1n) is 5.00. The maximum Gasteiger partial charge on any atom is 0.0693 e. The molecule has 2 unspecified atom stereocenters. The molecule has 2 fully saturated rings. The first-order valence-corrected chi connectivity index (χ1v) is 5.00. The first-order chi connectivity index (χ1) is 6.43. The number of nitrogens with one attached hydrogen (secondary N) is 1. The van der Waals surface area contributed by atoms with Crippen LogP contribution in [0.1, 0.15) is 18.9 Å². The van der Waals surface area contributed by atoms with E-state index in [0.717, 1.165) is 11.8 Å². The van der Waals surface area contributed by atoms with Crippen molar-refractivity contribution in [2.75, 3.05) is 13.1 Å². The number of aromatic nitrogens is 3. The Hall–Kier alpha value is -0.900. The second-order valence-corrected chi connectivity index (χ2v) is 4.19. The van der Waals surface area contributed by atoms with Crippen LogP contribution in [0.3, 0.4) is 0 Å². The highest BCUT2D eigenvalue weighted by Gasteiger charge is 2.38. The molecule has 13 heavy (non-hydrogen) atoms. The van der Waals surface area contributed by atoms with Gasteiger partial charge >= 0.3 is 0 Å². The van der Waals surface area contributed by atoms with Gasteiger partial charge in [-0.25, -0.2) is 4.68 Å². The summed E-state index contributed by atoms with van der Waals surface area (Å²) in [6.07, 6.45) is 6.31. The average Bonchev–Trinajstić information content (AvgIpc) is 2.78. The molecule has 0 radical (unpaired) electrons. The van der Waals surface area contributed by atoms with Gasteiger partial charge in [0.2, 0.25) is 0 Å². The normalized spacial score (nSPS) is 38.0. The van der Waals surface area contributed by atoms with E-state index in [2.05, 4.69) is 15.6 Å². The minimum Gasteiger partial charge on any atom is -0.316 e. The van der Waals surface area contributed by atoms with Crippen molar-refractivity contribution >= 4 is 0 Å². The van der Waals surface area contributed by atoms with Crippen LogP contribution in [-0.4, -0.2) is 28.1 Å². The molecule has 0 spiro atoms. The zero-order chi connectivity index (χ0) is 8.67. The standard InChI is InChI=1S/C9H14N4/c1-2-13(12-11-1)9-3-7-5-10-6-8(7)4-9/h1-2,7-10H,3-6H2. The zero-order valence-electron chi connectivity index (χ0n) is 7.56. The minimum atomic E-state index is 0.611. The van der Waals surface area contributed by atoms with Crippen LogP contribution in [0, 0.1) is 11.8 Å². The molecule has 4 nitrogen and oxygen atoms in total. The van der Waals surface area contributed by atoms with Crippen molar-refractivity contribution in [3.8, 4) is 0 Å². The van der Waals surface area contributed by atoms with E-state index in [-0.39, 0.29) is 0 Å². The molecule has 3 rings (SSSR count). The second-order valence-electron chi connectivity index (χ2n) is 4.19. The van der Waals surface area contributed by atoms with E-state index < -0.39 is 0 Å². The van der Waals surface area contributed by atoms with Gasteiger partial charge in [-0.2, -0.15) is 0 Å². The van der Waals surface area contributed by atoms with E-state index >= 15 is 0 Å². The Balaban J connectivity index is 1.76. The van der Waals surface area contributed by atoms with Gasteiger partial charge in [0.05, 0.1) is 12.2 Å². The SMILES string of the molecule is c1cn(C2CC3CNCC3C2)nn1. The van der Waals surface area contributed by atoms with Crippen LogP contribution in [-0.2, 0) is 0 Å². The van der Waals surface area contributed by atoms with Gasteiger partial charge in [-0.15, -0.1) is 5.10 Å². The van der Waals surface area contributed by atoms with E-state index in [4.69, 9.17) is 0 Å². The van der Waals surface area contributed by atoms with Gasteiger partial charge in [0.25, 0.3) is 0 Å². The predicted molar refractivity (Wildman–Crippen MR) is 48.1 cm³/mol. The van der Waals surface area contributed by atoms with Crippen LogP contribution < -0.4 is 5.32 Å². The smallest absolute Gasteiger partial charge is 0.0693 e. The Bertz CT molecular complexity index is 270. The van der Waals surface area contributed by atoms with Gasteiger partial charge in [-0.05, 0) is 37.8 Å². The molecular weight excluding hydrogens is 164 g/mol. The fraction of sp³-hybridized carbons (Fsp3) is 0.778. The average molecular weight is 178 g/mol. The molecule has 1 N–H and O–H groups in total. The summed E-state index contributed by atoms with van der Waals surface area (Å²) in [7, 11) is 0. The fourth-order valence-electron chi connectivity index (χ4n) is 2.76. The third-order valence-corrected chi connectivity index (χ3v) is 3.44. The van der Waals surface area contributed by atoms with Gasteiger partial charge in [0.15, 0.2) is 0 Å². The molecule has 1 aliphatic carbocycles. The lowest BCUT2D eigenvalue weighted by molar-refractivity contribution is 0.422. The van der Waals surface area contributed by atoms with Gasteiger partial charge < -0.3 is 5.32 Å². The lowest BCUT2D eigenvalue weighted by atomic mass is 10.0. The number of rotatable bonds is 1. The van der Waals surface area contributed by atoms with Crippen LogP contribution >= 0.6 is 0 Å². The first kappa shape index (κ1) is 7.50. The Morgan fingerprint density at radius 3 is 2.62 bits per heavy atom. The summed E-state index contributed by atoms with van der Waals surface area (Å²) < 4.78 is 2.03. The van der Waals surface area contributed by atoms with Crippen molar-refractivity contribution in [1.82, 2.24) is 20.3 Å². The molecular formula is C9H14N4. The molecule has 0 bridgehead atoms. The number of nitrogens with zero attached hydrogens (tertiary/aromatic N) is 3. The summed E-state index contributed by atoms with van der Waals surface area (Å²) in [5.41, 5.74) is 0. The van der Waals surface area contributed by atoms with Crippen molar-refractivity contribution in [2.24, 2.45) is 11.8 Å². The monoisotopic (exact) mass is 178 g/mol. The van der Waals surface area contributed by atoms with E-state index in [0.29, 0.717) is 6.04 Å². The lowest BCUT2D eigenvalue weighted by Gasteiger charge is -2.10. The van der Waals surface area contributed by atoms with Gasteiger partial charge in [0.1, 0.15) is 0 Å². The Labute approximate surface area is 77.3 Å². The van der Waals surface area contributed by atoms with Crippen molar-refractivity contribution in [3.63, 3.8) is 0 Å². The highest BCUT2D eigenvalue weighted by Crippen LogP contribution is 2.40. The highest BCUT2D eigenvalue weighted by molar-refractivity contribution is 4.92. The maximum atomic E-state index is 4.07. The van der Waals surface area contributed by atoms with Crippen molar-refractivity contribution in [2.45, 2.75) is 18.9 Å². The van der Waals surface area contributed by atoms with E-state index in [1.54, 1.807) is 6.20 Å². The quantitative estimate of drug-likeness (QED) is 0.679. The molecule has 1 saturated heterocycles. The molecule has 70 valence electrons. The van der Waals surface area contributed by atoms with Gasteiger partial charge in [-0.3, -0.25) is 0 Å². The molecule has 1 saturated carbocycles. The number of fused-ring (bicyclic) bond motifs is 1. The number of hydrogen-bond donors (Lipinski definition) is 1. The third kappa shape index (κ3) is 1.16. The molecule has 0 amide bonds. The van der Waals surface area contributed by atoms with Crippen LogP contribution in [0.15, 0.2) is 12.4 Å². The topological polar surface area (TPSA) is 42.7 Å². The maximum absolute atomic E-state index is 4.07. The van der Waals surface area contributed by atoms with Gasteiger partial charge in [0, 0.05) is 6.20 Å². The highest BCUT2D eigenvalue weighted by atomic mass is 15.4. The fourth-order valence-corrected chi connectivity index (χ4v) is 2.76. The molecule has 1 aromatic rings. The number of hydrogen-bond acceptors (Lipinski definition) is 3. The minimum absolute atomic E-state index is 0.611. The lowest BCUT2D eigenvalue weighted by Crippen LogP contribution is -2.14. The summed E-state index contributed by atoms with van der Waals surface area (Å²) >= 11 is 0. The predicted octanol–water partition coefficient (Wildman–Crippen LogP) is 0.449. The largest absolute Gasteiger partial charge is 0.316 e. The second kappa shape index (κ2) is 2.80. The Kier molecular flexibility index (Phi) is 1.62. The summed E-state index contributed by atoms with van der Waals surface area (Å²) in [6, 6.07) is 0.611. The molecule has 2 heterocycles. The molecule has 0 aromatic carbocycles. The van der Waals surface area contributed by atoms with E-state index in [1.165, 1.54) is 25.9 Å². The summed E-state index contributed by atoms with van der Waals surface area (Å²) in [5.74, 6) is 1.77. The summed E-state index contributed by atoms with van der Waals surface area (Å²) in [4.78, 5) is 0. The van der Waals surface area contributed by atoms with Crippen LogP contribution in [0.5, 0.6) is 0 Å². The molecule has 1 aliphatic heterocycles. The Morgan fingerprint density at radius 1 is 1.23 bits per heavy atom. The van der Waals surface area contributed by atoms with Crippen LogP contribution in [0.2, 0.25) is 0 Å². The van der Waals surface area contributed by atoms with Crippen molar-refractivity contribution in [3.05, 3.63) is 12.4 Å². The molecule has 2 atom stereocenters. The zero-order valence-corrected chi connectivity index (χ0v) is 7.56. The molecule has 2 aliphatic rings. The van der Waals surface area contributed by atoms with Crippen LogP contribution in [0.25, 0.3) is 0 Å². The van der Waals surface area contributed by atoms with Crippen molar-refractivity contribution < 1.29 is 0 Å². The van der Waals surface area contributed by atoms with Gasteiger partial charge in [-0.1, -0.05) is 5.21 Å².